The predicted molar refractivity (Wildman–Crippen MR) is 64.0 cm³/mol. The van der Waals surface area contributed by atoms with Crippen molar-refractivity contribution in [2.24, 2.45) is 0 Å². The lowest BCUT2D eigenvalue weighted by Gasteiger charge is -2.24. The highest BCUT2D eigenvalue weighted by atomic mass is 16.5. The van der Waals surface area contributed by atoms with E-state index >= 15 is 0 Å². The van der Waals surface area contributed by atoms with Crippen molar-refractivity contribution in [1.29, 1.82) is 0 Å². The number of rotatable bonds is 3. The van der Waals surface area contributed by atoms with Gasteiger partial charge in [-0.2, -0.15) is 0 Å². The highest BCUT2D eigenvalue weighted by Crippen LogP contribution is 2.29. The van der Waals surface area contributed by atoms with Crippen molar-refractivity contribution in [1.82, 2.24) is 5.32 Å². The number of aromatic hydroxyl groups is 1. The lowest BCUT2D eigenvalue weighted by molar-refractivity contribution is 0.371. The van der Waals surface area contributed by atoms with Crippen molar-refractivity contribution in [3.8, 4) is 11.5 Å². The van der Waals surface area contributed by atoms with Crippen molar-refractivity contribution in [3.63, 3.8) is 0 Å². The molecule has 1 aliphatic rings. The van der Waals surface area contributed by atoms with Gasteiger partial charge in [0.1, 0.15) is 11.5 Å². The number of hydrogen-bond acceptors (Lipinski definition) is 3. The summed E-state index contributed by atoms with van der Waals surface area (Å²) in [5.41, 5.74) is 0.921. The summed E-state index contributed by atoms with van der Waals surface area (Å²) in [4.78, 5) is 0. The van der Waals surface area contributed by atoms with Crippen LogP contribution in [0.2, 0.25) is 0 Å². The molecule has 0 aromatic heterocycles. The van der Waals surface area contributed by atoms with Crippen molar-refractivity contribution in [2.75, 3.05) is 13.7 Å². The summed E-state index contributed by atoms with van der Waals surface area (Å²) in [6.45, 7) is 1.08. The molecule has 3 nitrogen and oxygen atoms in total. The maximum absolute atomic E-state index is 9.85. The molecule has 1 unspecified atom stereocenters. The molecule has 0 aliphatic carbocycles. The number of piperidine rings is 1. The second-order valence-corrected chi connectivity index (χ2v) is 4.31. The number of phenols is 1. The maximum atomic E-state index is 9.85. The quantitative estimate of drug-likeness (QED) is 0.821. The molecule has 16 heavy (non-hydrogen) atoms. The second kappa shape index (κ2) is 5.21. The molecule has 1 aliphatic heterocycles. The van der Waals surface area contributed by atoms with Crippen LogP contribution in [0.15, 0.2) is 18.2 Å². The number of ether oxygens (including phenoxy) is 1. The normalized spacial score (nSPS) is 20.7. The van der Waals surface area contributed by atoms with Gasteiger partial charge in [-0.25, -0.2) is 0 Å². The minimum atomic E-state index is 0.340. The van der Waals surface area contributed by atoms with E-state index in [9.17, 15) is 5.11 Å². The van der Waals surface area contributed by atoms with Gasteiger partial charge in [-0.1, -0.05) is 12.5 Å². The van der Waals surface area contributed by atoms with Crippen LogP contribution in [0.1, 0.15) is 24.8 Å². The van der Waals surface area contributed by atoms with Crippen LogP contribution in [0.25, 0.3) is 0 Å². The molecule has 1 fully saturated rings. The first-order valence-corrected chi connectivity index (χ1v) is 5.89. The lowest BCUT2D eigenvalue weighted by atomic mass is 9.97. The molecule has 1 saturated heterocycles. The summed E-state index contributed by atoms with van der Waals surface area (Å²) in [6.07, 6.45) is 4.55. The fourth-order valence-corrected chi connectivity index (χ4v) is 2.30. The van der Waals surface area contributed by atoms with Crippen LogP contribution >= 0.6 is 0 Å². The number of benzene rings is 1. The minimum absolute atomic E-state index is 0.340. The molecule has 0 saturated carbocycles. The van der Waals surface area contributed by atoms with Gasteiger partial charge in [0, 0.05) is 11.6 Å². The van der Waals surface area contributed by atoms with Crippen LogP contribution in [-0.2, 0) is 6.42 Å². The molecule has 2 N–H and O–H groups in total. The molecule has 1 aromatic carbocycles. The molecule has 1 atom stereocenters. The Morgan fingerprint density at radius 3 is 3.00 bits per heavy atom. The van der Waals surface area contributed by atoms with Crippen molar-refractivity contribution in [3.05, 3.63) is 23.8 Å². The van der Waals surface area contributed by atoms with Crippen LogP contribution in [0.4, 0.5) is 0 Å². The van der Waals surface area contributed by atoms with E-state index in [4.69, 9.17) is 4.74 Å². The Balaban J connectivity index is 2.12. The third-order valence-corrected chi connectivity index (χ3v) is 3.19. The summed E-state index contributed by atoms with van der Waals surface area (Å²) in [6, 6.07) is 5.90. The van der Waals surface area contributed by atoms with Gasteiger partial charge in [0.15, 0.2) is 0 Å². The molecule has 88 valence electrons. The maximum Gasteiger partial charge on any atom is 0.125 e. The van der Waals surface area contributed by atoms with Gasteiger partial charge < -0.3 is 15.2 Å². The second-order valence-electron chi connectivity index (χ2n) is 4.31. The fourth-order valence-electron chi connectivity index (χ4n) is 2.30. The van der Waals surface area contributed by atoms with Gasteiger partial charge in [0.25, 0.3) is 0 Å². The van der Waals surface area contributed by atoms with Gasteiger partial charge in [-0.3, -0.25) is 0 Å². The molecular formula is C13H19NO2. The molecule has 0 amide bonds. The van der Waals surface area contributed by atoms with Crippen LogP contribution in [-0.4, -0.2) is 24.8 Å². The largest absolute Gasteiger partial charge is 0.508 e. The van der Waals surface area contributed by atoms with Crippen molar-refractivity contribution >= 4 is 0 Å². The Labute approximate surface area is 96.4 Å². The zero-order valence-corrected chi connectivity index (χ0v) is 9.70. The topological polar surface area (TPSA) is 41.5 Å². The minimum Gasteiger partial charge on any atom is -0.508 e. The van der Waals surface area contributed by atoms with Gasteiger partial charge in [0.2, 0.25) is 0 Å². The molecule has 1 aromatic rings. The van der Waals surface area contributed by atoms with E-state index in [-0.39, 0.29) is 0 Å². The molecule has 1 heterocycles. The summed E-state index contributed by atoms with van der Waals surface area (Å²) >= 11 is 0. The third kappa shape index (κ3) is 2.47. The molecular weight excluding hydrogens is 202 g/mol. The monoisotopic (exact) mass is 221 g/mol. The van der Waals surface area contributed by atoms with Gasteiger partial charge in [-0.05, 0) is 37.9 Å². The Kier molecular flexibility index (Phi) is 3.67. The van der Waals surface area contributed by atoms with Gasteiger partial charge >= 0.3 is 0 Å². The van der Waals surface area contributed by atoms with Crippen LogP contribution in [0.5, 0.6) is 11.5 Å². The third-order valence-electron chi connectivity index (χ3n) is 3.19. The van der Waals surface area contributed by atoms with E-state index in [1.54, 1.807) is 13.2 Å². The molecule has 2 rings (SSSR count). The Hall–Kier alpha value is -1.22. The van der Waals surface area contributed by atoms with Gasteiger partial charge in [-0.15, -0.1) is 0 Å². The molecule has 3 heteroatoms. The average Bonchev–Trinajstić information content (AvgIpc) is 2.33. The van der Waals surface area contributed by atoms with Crippen molar-refractivity contribution in [2.45, 2.75) is 31.7 Å². The van der Waals surface area contributed by atoms with E-state index in [0.29, 0.717) is 11.8 Å². The van der Waals surface area contributed by atoms with E-state index in [1.165, 1.54) is 19.3 Å². The summed E-state index contributed by atoms with van der Waals surface area (Å²) < 4.78 is 5.28. The summed E-state index contributed by atoms with van der Waals surface area (Å²) in [5, 5.41) is 13.3. The number of nitrogens with one attached hydrogen (secondary N) is 1. The Bertz CT molecular complexity index is 346. The highest BCUT2D eigenvalue weighted by molar-refractivity contribution is 5.44. The van der Waals surface area contributed by atoms with E-state index in [0.717, 1.165) is 24.3 Å². The highest BCUT2D eigenvalue weighted by Gasteiger charge is 2.17. The zero-order valence-electron chi connectivity index (χ0n) is 9.70. The van der Waals surface area contributed by atoms with Crippen LogP contribution < -0.4 is 10.1 Å². The summed E-state index contributed by atoms with van der Waals surface area (Å²) in [7, 11) is 1.65. The SMILES string of the molecule is COc1cccc(O)c1CC1CCCCN1. The van der Waals surface area contributed by atoms with Crippen LogP contribution in [0, 0.1) is 0 Å². The van der Waals surface area contributed by atoms with Crippen LogP contribution in [0.3, 0.4) is 0 Å². The lowest BCUT2D eigenvalue weighted by Crippen LogP contribution is -2.35. The Morgan fingerprint density at radius 2 is 2.31 bits per heavy atom. The number of hydrogen-bond donors (Lipinski definition) is 2. The van der Waals surface area contributed by atoms with E-state index < -0.39 is 0 Å². The number of phenolic OH excluding ortho intramolecular Hbond substituents is 1. The predicted octanol–water partition coefficient (Wildman–Crippen LogP) is 2.09. The van der Waals surface area contributed by atoms with Crippen molar-refractivity contribution < 1.29 is 9.84 Å². The first-order valence-electron chi connectivity index (χ1n) is 5.89. The standard InChI is InChI=1S/C13H19NO2/c1-16-13-7-4-6-12(15)11(13)9-10-5-2-3-8-14-10/h4,6-7,10,14-15H,2-3,5,8-9H2,1H3. The summed E-state index contributed by atoms with van der Waals surface area (Å²) in [5.74, 6) is 1.12. The average molecular weight is 221 g/mol. The zero-order chi connectivity index (χ0) is 11.4. The number of methoxy groups -OCH3 is 1. The Morgan fingerprint density at radius 1 is 1.44 bits per heavy atom. The first kappa shape index (κ1) is 11.3. The van der Waals surface area contributed by atoms with E-state index in [2.05, 4.69) is 5.32 Å². The fraction of sp³-hybridized carbons (Fsp3) is 0.538. The molecule has 0 radical (unpaired) electrons. The smallest absolute Gasteiger partial charge is 0.125 e. The molecule has 0 spiro atoms. The van der Waals surface area contributed by atoms with E-state index in [1.807, 2.05) is 12.1 Å². The van der Waals surface area contributed by atoms with Gasteiger partial charge in [0.05, 0.1) is 7.11 Å². The molecule has 0 bridgehead atoms. The first-order chi connectivity index (χ1) is 7.81.